The molecule has 0 atom stereocenters. The minimum absolute atomic E-state index is 0.000873. The Morgan fingerprint density at radius 1 is 1.38 bits per heavy atom. The summed E-state index contributed by atoms with van der Waals surface area (Å²) in [5, 5.41) is 1.00. The molecule has 0 unspecified atom stereocenters. The van der Waals surface area contributed by atoms with Crippen molar-refractivity contribution in [2.24, 2.45) is 5.92 Å². The van der Waals surface area contributed by atoms with Gasteiger partial charge >= 0.3 is 0 Å². The molecule has 1 aromatic heterocycles. The fourth-order valence-corrected chi connectivity index (χ4v) is 1.74. The molecule has 0 amide bonds. The predicted octanol–water partition coefficient (Wildman–Crippen LogP) is 3.02. The highest BCUT2D eigenvalue weighted by Crippen LogP contribution is 2.26. The number of H-pyrrole nitrogens is 1. The molecule has 0 aliphatic carbocycles. The standard InChI is InChI=1S/C13H15NO2/c1-8(2)13(15)10-7-9-5-4-6-11(16-3)12(9)14-10/h4-8,14H,1-3H3. The largest absolute Gasteiger partial charge is 0.495 e. The Hall–Kier alpha value is -1.77. The molecule has 0 aliphatic rings. The third-order valence-electron chi connectivity index (χ3n) is 2.63. The number of para-hydroxylation sites is 1. The smallest absolute Gasteiger partial charge is 0.181 e. The van der Waals surface area contributed by atoms with Crippen molar-refractivity contribution in [2.45, 2.75) is 13.8 Å². The lowest BCUT2D eigenvalue weighted by Crippen LogP contribution is -2.07. The average molecular weight is 217 g/mol. The zero-order valence-electron chi connectivity index (χ0n) is 9.70. The first kappa shape index (κ1) is 10.7. The van der Waals surface area contributed by atoms with Gasteiger partial charge in [-0.05, 0) is 12.1 Å². The first-order valence-corrected chi connectivity index (χ1v) is 5.33. The third-order valence-corrected chi connectivity index (χ3v) is 2.63. The number of carbonyl (C=O) groups excluding carboxylic acids is 1. The lowest BCUT2D eigenvalue weighted by Gasteiger charge is -2.01. The first-order chi connectivity index (χ1) is 7.63. The Bertz CT molecular complexity index is 526. The van der Waals surface area contributed by atoms with Crippen molar-refractivity contribution in [3.63, 3.8) is 0 Å². The zero-order valence-corrected chi connectivity index (χ0v) is 9.70. The fourth-order valence-electron chi connectivity index (χ4n) is 1.74. The molecule has 0 bridgehead atoms. The summed E-state index contributed by atoms with van der Waals surface area (Å²) in [7, 11) is 1.62. The molecular formula is C13H15NO2. The summed E-state index contributed by atoms with van der Waals surface area (Å²) in [4.78, 5) is 15.0. The van der Waals surface area contributed by atoms with Crippen LogP contribution in [-0.2, 0) is 0 Å². The number of hydrogen-bond donors (Lipinski definition) is 1. The molecule has 1 heterocycles. The molecule has 0 radical (unpaired) electrons. The van der Waals surface area contributed by atoms with Gasteiger partial charge in [0, 0.05) is 11.3 Å². The number of hydrogen-bond acceptors (Lipinski definition) is 2. The number of aromatic amines is 1. The number of fused-ring (bicyclic) bond motifs is 1. The van der Waals surface area contributed by atoms with E-state index in [4.69, 9.17) is 4.74 Å². The second-order valence-electron chi connectivity index (χ2n) is 4.13. The van der Waals surface area contributed by atoms with Crippen LogP contribution in [0, 0.1) is 5.92 Å². The number of ketones is 1. The van der Waals surface area contributed by atoms with Crippen LogP contribution in [-0.4, -0.2) is 17.9 Å². The summed E-state index contributed by atoms with van der Waals surface area (Å²) in [5.74, 6) is 0.887. The molecule has 2 rings (SSSR count). The number of rotatable bonds is 3. The summed E-state index contributed by atoms with van der Waals surface area (Å²) < 4.78 is 5.24. The molecule has 0 fully saturated rings. The van der Waals surface area contributed by atoms with Crippen LogP contribution in [0.4, 0.5) is 0 Å². The average Bonchev–Trinajstić information content (AvgIpc) is 2.70. The van der Waals surface area contributed by atoms with E-state index in [1.807, 2.05) is 38.1 Å². The minimum atomic E-state index is -0.000873. The Kier molecular flexibility index (Phi) is 2.69. The van der Waals surface area contributed by atoms with E-state index in [2.05, 4.69) is 4.98 Å². The summed E-state index contributed by atoms with van der Waals surface area (Å²) in [6.45, 7) is 3.79. The van der Waals surface area contributed by atoms with E-state index in [9.17, 15) is 4.79 Å². The van der Waals surface area contributed by atoms with Gasteiger partial charge in [0.05, 0.1) is 18.3 Å². The van der Waals surface area contributed by atoms with Crippen LogP contribution in [0.3, 0.4) is 0 Å². The van der Waals surface area contributed by atoms with Gasteiger partial charge in [-0.3, -0.25) is 4.79 Å². The zero-order chi connectivity index (χ0) is 11.7. The number of carbonyl (C=O) groups is 1. The molecule has 0 saturated carbocycles. The topological polar surface area (TPSA) is 42.1 Å². The maximum absolute atomic E-state index is 11.8. The van der Waals surface area contributed by atoms with Crippen molar-refractivity contribution in [3.05, 3.63) is 30.0 Å². The van der Waals surface area contributed by atoms with Crippen molar-refractivity contribution >= 4 is 16.7 Å². The molecule has 0 aliphatic heterocycles. The summed E-state index contributed by atoms with van der Waals surface area (Å²) in [6, 6.07) is 7.63. The number of methoxy groups -OCH3 is 1. The predicted molar refractivity (Wildman–Crippen MR) is 64.0 cm³/mol. The van der Waals surface area contributed by atoms with Gasteiger partial charge in [-0.2, -0.15) is 0 Å². The van der Waals surface area contributed by atoms with E-state index < -0.39 is 0 Å². The first-order valence-electron chi connectivity index (χ1n) is 5.33. The van der Waals surface area contributed by atoms with Crippen molar-refractivity contribution < 1.29 is 9.53 Å². The summed E-state index contributed by atoms with van der Waals surface area (Å²) in [5.41, 5.74) is 1.53. The van der Waals surface area contributed by atoms with E-state index in [1.165, 1.54) is 0 Å². The molecule has 1 aromatic carbocycles. The minimum Gasteiger partial charge on any atom is -0.495 e. The Labute approximate surface area is 94.4 Å². The summed E-state index contributed by atoms with van der Waals surface area (Å²) in [6.07, 6.45) is 0. The van der Waals surface area contributed by atoms with E-state index >= 15 is 0 Å². The van der Waals surface area contributed by atoms with Crippen molar-refractivity contribution in [2.75, 3.05) is 7.11 Å². The second kappa shape index (κ2) is 4.00. The van der Waals surface area contributed by atoms with Gasteiger partial charge < -0.3 is 9.72 Å². The van der Waals surface area contributed by atoms with Gasteiger partial charge in [-0.15, -0.1) is 0 Å². The van der Waals surface area contributed by atoms with Crippen molar-refractivity contribution in [1.29, 1.82) is 0 Å². The van der Waals surface area contributed by atoms with E-state index in [-0.39, 0.29) is 11.7 Å². The van der Waals surface area contributed by atoms with Gasteiger partial charge in [-0.1, -0.05) is 26.0 Å². The molecule has 0 saturated heterocycles. The van der Waals surface area contributed by atoms with Crippen LogP contribution >= 0.6 is 0 Å². The molecule has 0 spiro atoms. The molecule has 16 heavy (non-hydrogen) atoms. The van der Waals surface area contributed by atoms with E-state index in [0.29, 0.717) is 5.69 Å². The van der Waals surface area contributed by atoms with Crippen LogP contribution in [0.2, 0.25) is 0 Å². The number of Topliss-reactive ketones (excluding diaryl/α,β-unsaturated/α-hetero) is 1. The van der Waals surface area contributed by atoms with Gasteiger partial charge in [0.25, 0.3) is 0 Å². The van der Waals surface area contributed by atoms with Gasteiger partial charge in [0.1, 0.15) is 5.75 Å². The highest BCUT2D eigenvalue weighted by molar-refractivity contribution is 6.01. The number of benzene rings is 1. The Morgan fingerprint density at radius 2 is 2.12 bits per heavy atom. The van der Waals surface area contributed by atoms with E-state index in [1.54, 1.807) is 7.11 Å². The van der Waals surface area contributed by atoms with E-state index in [0.717, 1.165) is 16.7 Å². The number of aromatic nitrogens is 1. The van der Waals surface area contributed by atoms with Crippen LogP contribution in [0.15, 0.2) is 24.3 Å². The molecule has 3 nitrogen and oxygen atoms in total. The SMILES string of the molecule is COc1cccc2cc(C(=O)C(C)C)[nH]c12. The van der Waals surface area contributed by atoms with Crippen LogP contribution in [0.5, 0.6) is 5.75 Å². The van der Waals surface area contributed by atoms with Gasteiger partial charge in [-0.25, -0.2) is 0 Å². The number of nitrogens with one attached hydrogen (secondary N) is 1. The highest BCUT2D eigenvalue weighted by Gasteiger charge is 2.14. The fraction of sp³-hybridized carbons (Fsp3) is 0.308. The maximum atomic E-state index is 11.8. The third kappa shape index (κ3) is 1.69. The lowest BCUT2D eigenvalue weighted by molar-refractivity contribution is 0.0935. The Balaban J connectivity index is 2.56. The normalized spacial score (nSPS) is 11.0. The number of ether oxygens (including phenoxy) is 1. The van der Waals surface area contributed by atoms with Crippen LogP contribution in [0.25, 0.3) is 10.9 Å². The highest BCUT2D eigenvalue weighted by atomic mass is 16.5. The van der Waals surface area contributed by atoms with Gasteiger partial charge in [0.15, 0.2) is 5.78 Å². The van der Waals surface area contributed by atoms with Crippen molar-refractivity contribution in [3.8, 4) is 5.75 Å². The summed E-state index contributed by atoms with van der Waals surface area (Å²) >= 11 is 0. The Morgan fingerprint density at radius 3 is 2.75 bits per heavy atom. The maximum Gasteiger partial charge on any atom is 0.181 e. The quantitative estimate of drug-likeness (QED) is 0.803. The molecule has 84 valence electrons. The monoisotopic (exact) mass is 217 g/mol. The molecular weight excluding hydrogens is 202 g/mol. The second-order valence-corrected chi connectivity index (χ2v) is 4.13. The lowest BCUT2D eigenvalue weighted by atomic mass is 10.1. The van der Waals surface area contributed by atoms with Crippen LogP contribution < -0.4 is 4.74 Å². The molecule has 3 heteroatoms. The van der Waals surface area contributed by atoms with Crippen LogP contribution in [0.1, 0.15) is 24.3 Å². The van der Waals surface area contributed by atoms with Gasteiger partial charge in [0.2, 0.25) is 0 Å². The van der Waals surface area contributed by atoms with Crippen molar-refractivity contribution in [1.82, 2.24) is 4.98 Å². The molecule has 1 N–H and O–H groups in total. The molecule has 2 aromatic rings.